The summed E-state index contributed by atoms with van der Waals surface area (Å²) in [6.07, 6.45) is 0. The molecule has 0 bridgehead atoms. The summed E-state index contributed by atoms with van der Waals surface area (Å²) in [5, 5.41) is 12.7. The first kappa shape index (κ1) is 15.3. The van der Waals surface area contributed by atoms with Gasteiger partial charge in [-0.2, -0.15) is 5.10 Å². The van der Waals surface area contributed by atoms with Gasteiger partial charge in [-0.3, -0.25) is 5.14 Å². The second-order valence-electron chi connectivity index (χ2n) is 3.83. The molecule has 0 aromatic heterocycles. The second kappa shape index (κ2) is 7.67. The van der Waals surface area contributed by atoms with Crippen LogP contribution in [0.4, 0.5) is 0 Å². The fraction of sp³-hybridized carbons (Fsp3) is 0.333. The molecule has 0 heterocycles. The predicted molar refractivity (Wildman–Crippen MR) is 83.6 cm³/mol. The molecule has 0 unspecified atom stereocenters. The largest absolute Gasteiger partial charge is 0.251 e. The van der Waals surface area contributed by atoms with Gasteiger partial charge in [-0.05, 0) is 55.4 Å². The van der Waals surface area contributed by atoms with Gasteiger partial charge in [0.15, 0.2) is 0 Å². The van der Waals surface area contributed by atoms with Gasteiger partial charge < -0.3 is 0 Å². The highest BCUT2D eigenvalue weighted by Gasteiger charge is 2.04. The predicted octanol–water partition coefficient (Wildman–Crippen LogP) is 3.54. The van der Waals surface area contributed by atoms with E-state index in [4.69, 9.17) is 16.7 Å². The lowest BCUT2D eigenvalue weighted by Crippen LogP contribution is -2.03. The van der Waals surface area contributed by atoms with Crippen molar-refractivity contribution in [1.29, 1.82) is 0 Å². The molecule has 0 saturated heterocycles. The van der Waals surface area contributed by atoms with Crippen molar-refractivity contribution >= 4 is 40.4 Å². The summed E-state index contributed by atoms with van der Waals surface area (Å²) in [5.41, 5.74) is 5.91. The Kier molecular flexibility index (Phi) is 6.54. The monoisotopic (exact) mass is 301 g/mol. The smallest absolute Gasteiger partial charge is 0.0568 e. The molecule has 1 aromatic rings. The van der Waals surface area contributed by atoms with E-state index in [1.165, 1.54) is 10.5 Å². The van der Waals surface area contributed by atoms with Gasteiger partial charge in [0.1, 0.15) is 0 Å². The number of hydrazone groups is 1. The molecule has 1 aromatic carbocycles. The van der Waals surface area contributed by atoms with Crippen LogP contribution in [0, 0.1) is 19.2 Å². The number of nitrogens with one attached hydrogen (secondary N) is 1. The minimum absolute atomic E-state index is 0.811. The van der Waals surface area contributed by atoms with E-state index < -0.39 is 0 Å². The molecule has 0 fully saturated rings. The van der Waals surface area contributed by atoms with E-state index in [0.29, 0.717) is 0 Å². The zero-order valence-electron chi connectivity index (χ0n) is 10.6. The number of hydrogen-bond acceptors (Lipinski definition) is 4. The van der Waals surface area contributed by atoms with Gasteiger partial charge in [0.2, 0.25) is 0 Å². The van der Waals surface area contributed by atoms with Crippen LogP contribution < -0.4 is 10.6 Å². The van der Waals surface area contributed by atoms with E-state index in [0.717, 1.165) is 33.4 Å². The molecule has 3 N–H and O–H groups in total. The molecule has 3 nitrogen and oxygen atoms in total. The van der Waals surface area contributed by atoms with E-state index in [1.807, 2.05) is 19.9 Å². The number of benzene rings is 1. The topological polar surface area (TPSA) is 50.4 Å². The summed E-state index contributed by atoms with van der Waals surface area (Å²) in [6, 6.07) is 4.10. The normalized spacial score (nSPS) is 11.1. The van der Waals surface area contributed by atoms with Crippen molar-refractivity contribution in [3.63, 3.8) is 0 Å². The molecular formula is C12H16ClN3S2. The Labute approximate surface area is 121 Å². The van der Waals surface area contributed by atoms with Crippen molar-refractivity contribution < 1.29 is 0 Å². The maximum Gasteiger partial charge on any atom is 0.0568 e. The number of hydrogen-bond donors (Lipinski definition) is 2. The van der Waals surface area contributed by atoms with E-state index in [1.54, 1.807) is 11.8 Å². The molecule has 0 aliphatic heterocycles. The third-order valence-electron chi connectivity index (χ3n) is 2.24. The van der Waals surface area contributed by atoms with Crippen molar-refractivity contribution in [2.24, 2.45) is 10.2 Å². The minimum atomic E-state index is 0.811. The lowest BCUT2D eigenvalue weighted by Gasteiger charge is -2.08. The van der Waals surface area contributed by atoms with Crippen LogP contribution >= 0.6 is 34.7 Å². The number of thioether (sulfide) groups is 1. The maximum atomic E-state index is 6.07. The fourth-order valence-electron chi connectivity index (χ4n) is 1.27. The summed E-state index contributed by atoms with van der Waals surface area (Å²) in [7, 11) is 0. The van der Waals surface area contributed by atoms with Crippen LogP contribution in [0.25, 0.3) is 0 Å². The van der Waals surface area contributed by atoms with Gasteiger partial charge in [-0.25, -0.2) is 5.43 Å². The average molecular weight is 302 g/mol. The highest BCUT2D eigenvalue weighted by Crippen LogP contribution is 2.28. The Morgan fingerprint density at radius 2 is 2.17 bits per heavy atom. The van der Waals surface area contributed by atoms with Gasteiger partial charge in [-0.1, -0.05) is 11.6 Å². The standard InChI is InChI=1S/C12H16ClN3S2/c1-8-5-12(9(2)4-11(8)13)17-6-10(3)16-15-7-18-14/h4-5,15H,6,14H2,1-3H3. The maximum absolute atomic E-state index is 6.07. The van der Waals surface area contributed by atoms with Gasteiger partial charge in [0, 0.05) is 21.4 Å². The van der Waals surface area contributed by atoms with Crippen molar-refractivity contribution in [3.8, 4) is 5.31 Å². The average Bonchev–Trinajstić information content (AvgIpc) is 2.32. The van der Waals surface area contributed by atoms with Crippen LogP contribution in [-0.4, -0.2) is 11.5 Å². The molecule has 0 saturated carbocycles. The van der Waals surface area contributed by atoms with Crippen molar-refractivity contribution in [3.05, 3.63) is 28.3 Å². The summed E-state index contributed by atoms with van der Waals surface area (Å²) in [5.74, 6) is 0.811. The molecule has 98 valence electrons. The molecular weight excluding hydrogens is 286 g/mol. The zero-order valence-corrected chi connectivity index (χ0v) is 13.0. The molecule has 0 aliphatic rings. The van der Waals surface area contributed by atoms with Crippen molar-refractivity contribution in [1.82, 2.24) is 5.43 Å². The lowest BCUT2D eigenvalue weighted by atomic mass is 10.2. The highest BCUT2D eigenvalue weighted by atomic mass is 35.5. The number of halogens is 1. The van der Waals surface area contributed by atoms with Crippen LogP contribution in [0.2, 0.25) is 5.02 Å². The molecule has 0 radical (unpaired) electrons. The van der Waals surface area contributed by atoms with Crippen LogP contribution in [0.5, 0.6) is 0 Å². The Balaban J connectivity index is 2.65. The molecule has 0 aliphatic carbocycles. The van der Waals surface area contributed by atoms with E-state index in [-0.39, 0.29) is 0 Å². The van der Waals surface area contributed by atoms with Gasteiger partial charge in [-0.15, -0.1) is 11.8 Å². The third kappa shape index (κ3) is 4.88. The molecule has 0 atom stereocenters. The van der Waals surface area contributed by atoms with Gasteiger partial charge >= 0.3 is 0 Å². The Morgan fingerprint density at radius 3 is 2.83 bits per heavy atom. The van der Waals surface area contributed by atoms with E-state index in [9.17, 15) is 0 Å². The van der Waals surface area contributed by atoms with Crippen LogP contribution in [0.15, 0.2) is 22.1 Å². The number of nitrogens with zero attached hydrogens (tertiary/aromatic N) is 1. The summed E-state index contributed by atoms with van der Waals surface area (Å²) >= 11 is 8.78. The summed E-state index contributed by atoms with van der Waals surface area (Å²) in [6.45, 7) is 6.03. The summed E-state index contributed by atoms with van der Waals surface area (Å²) in [4.78, 5) is 1.23. The molecule has 18 heavy (non-hydrogen) atoms. The molecule has 1 rings (SSSR count). The second-order valence-corrected chi connectivity index (χ2v) is 5.70. The SMILES string of the molecule is CC(CSc1cc(C)c(Cl)cc1C)=NNC#SN. The molecule has 6 heteroatoms. The minimum Gasteiger partial charge on any atom is -0.251 e. The quantitative estimate of drug-likeness (QED) is 0.294. The first-order chi connectivity index (χ1) is 8.54. The highest BCUT2D eigenvalue weighted by molar-refractivity contribution is 8.00. The van der Waals surface area contributed by atoms with Crippen molar-refractivity contribution in [2.75, 3.05) is 5.75 Å². The summed E-state index contributed by atoms with van der Waals surface area (Å²) < 4.78 is 0. The van der Waals surface area contributed by atoms with E-state index >= 15 is 0 Å². The molecule has 0 spiro atoms. The van der Waals surface area contributed by atoms with Gasteiger partial charge in [0.25, 0.3) is 0 Å². The van der Waals surface area contributed by atoms with Crippen molar-refractivity contribution in [2.45, 2.75) is 25.7 Å². The van der Waals surface area contributed by atoms with Crippen LogP contribution in [0.3, 0.4) is 0 Å². The number of rotatable bonds is 4. The third-order valence-corrected chi connectivity index (χ3v) is 4.17. The number of nitrogens with two attached hydrogens (primary N) is 1. The fourth-order valence-corrected chi connectivity index (χ4v) is 2.56. The Hall–Kier alpha value is -0.710. The first-order valence-electron chi connectivity index (χ1n) is 5.33. The zero-order chi connectivity index (χ0) is 13.5. The van der Waals surface area contributed by atoms with Crippen LogP contribution in [0.1, 0.15) is 18.1 Å². The Morgan fingerprint density at radius 1 is 1.44 bits per heavy atom. The molecule has 0 amide bonds. The first-order valence-corrected chi connectivity index (χ1v) is 7.57. The lowest BCUT2D eigenvalue weighted by molar-refractivity contribution is 1.01. The number of aryl methyl sites for hydroxylation is 2. The van der Waals surface area contributed by atoms with E-state index in [2.05, 4.69) is 28.8 Å². The Bertz CT molecular complexity index is 518. The van der Waals surface area contributed by atoms with Gasteiger partial charge in [0.05, 0.1) is 5.31 Å². The van der Waals surface area contributed by atoms with Crippen LogP contribution in [-0.2, 0) is 0 Å².